The maximum absolute atomic E-state index is 12.6. The summed E-state index contributed by atoms with van der Waals surface area (Å²) in [5.41, 5.74) is 5.34. The van der Waals surface area contributed by atoms with Crippen molar-refractivity contribution in [1.29, 1.82) is 0 Å². The second-order valence-electron chi connectivity index (χ2n) is 14.9. The first-order valence-corrected chi connectivity index (χ1v) is 24.3. The third-order valence-electron chi connectivity index (χ3n) is 9.38. The molecule has 0 heterocycles. The molecule has 0 aliphatic rings. The maximum atomic E-state index is 12.6. The second-order valence-corrected chi connectivity index (χ2v) is 16.4. The number of rotatable bonds is 42. The molecule has 0 radical (unpaired) electrons. The van der Waals surface area contributed by atoms with Crippen LogP contribution in [0.3, 0.4) is 0 Å². The first-order chi connectivity index (χ1) is 27.8. The van der Waals surface area contributed by atoms with Gasteiger partial charge in [0.15, 0.2) is 6.10 Å². The lowest BCUT2D eigenvalue weighted by Gasteiger charge is -2.19. The van der Waals surface area contributed by atoms with E-state index in [0.29, 0.717) is 12.8 Å². The van der Waals surface area contributed by atoms with Gasteiger partial charge in [-0.25, -0.2) is 4.57 Å². The van der Waals surface area contributed by atoms with E-state index in [1.807, 2.05) is 0 Å². The number of carbonyl (C=O) groups excluding carboxylic acids is 2. The standard InChI is InChI=1S/C47H84NO8P/c1-3-5-7-9-11-13-15-17-19-20-21-22-23-24-26-27-29-31-33-35-37-39-46(49)53-43-45(44-55-57(51,52)54-42-41-48)56-47(50)40-38-36-34-32-30-28-25-18-16-14-12-10-8-6-4-2/h19-20,22-23,26-28,30-31,33,45H,3-18,21,24-25,29,32,34-44,48H2,1-2H3,(H,51,52)/b20-19+,23-22+,27-26+,30-28+,33-31+/t45-/m0/s1. The van der Waals surface area contributed by atoms with Gasteiger partial charge in [-0.15, -0.1) is 0 Å². The highest BCUT2D eigenvalue weighted by molar-refractivity contribution is 7.47. The van der Waals surface area contributed by atoms with Crippen LogP contribution in [0.25, 0.3) is 0 Å². The van der Waals surface area contributed by atoms with Crippen molar-refractivity contribution in [1.82, 2.24) is 0 Å². The van der Waals surface area contributed by atoms with Crippen LogP contribution < -0.4 is 5.73 Å². The lowest BCUT2D eigenvalue weighted by atomic mass is 10.1. The minimum absolute atomic E-state index is 0.0418. The van der Waals surface area contributed by atoms with Crippen LogP contribution >= 0.6 is 7.82 Å². The summed E-state index contributed by atoms with van der Waals surface area (Å²) in [6.07, 6.45) is 51.2. The molecule has 9 nitrogen and oxygen atoms in total. The summed E-state index contributed by atoms with van der Waals surface area (Å²) in [7, 11) is -4.40. The molecule has 0 aromatic heterocycles. The lowest BCUT2D eigenvalue weighted by molar-refractivity contribution is -0.161. The van der Waals surface area contributed by atoms with Gasteiger partial charge in [0.05, 0.1) is 13.2 Å². The Morgan fingerprint density at radius 1 is 0.526 bits per heavy atom. The molecule has 1 unspecified atom stereocenters. The van der Waals surface area contributed by atoms with Crippen molar-refractivity contribution in [3.63, 3.8) is 0 Å². The zero-order valence-electron chi connectivity index (χ0n) is 36.3. The third-order valence-corrected chi connectivity index (χ3v) is 10.4. The smallest absolute Gasteiger partial charge is 0.462 e. The van der Waals surface area contributed by atoms with Gasteiger partial charge >= 0.3 is 19.8 Å². The van der Waals surface area contributed by atoms with Crippen molar-refractivity contribution >= 4 is 19.8 Å². The molecule has 330 valence electrons. The molecule has 2 atom stereocenters. The monoisotopic (exact) mass is 822 g/mol. The van der Waals surface area contributed by atoms with Crippen LogP contribution in [0.1, 0.15) is 194 Å². The first-order valence-electron chi connectivity index (χ1n) is 22.8. The van der Waals surface area contributed by atoms with Crippen molar-refractivity contribution in [2.45, 2.75) is 200 Å². The summed E-state index contributed by atoms with van der Waals surface area (Å²) in [6, 6.07) is 0. The highest BCUT2D eigenvalue weighted by Crippen LogP contribution is 2.43. The van der Waals surface area contributed by atoms with Gasteiger partial charge < -0.3 is 20.1 Å². The van der Waals surface area contributed by atoms with Gasteiger partial charge in [0.2, 0.25) is 0 Å². The molecule has 0 amide bonds. The number of hydrogen-bond donors (Lipinski definition) is 2. The van der Waals surface area contributed by atoms with Gasteiger partial charge in [0.25, 0.3) is 0 Å². The van der Waals surface area contributed by atoms with E-state index in [-0.39, 0.29) is 32.6 Å². The number of nitrogens with two attached hydrogens (primary N) is 1. The fourth-order valence-corrected chi connectivity index (χ4v) is 6.74. The number of phosphoric ester groups is 1. The molecule has 57 heavy (non-hydrogen) atoms. The Bertz CT molecular complexity index is 1120. The Kier molecular flexibility index (Phi) is 41.6. The number of phosphoric acid groups is 1. The molecule has 0 rings (SSSR count). The lowest BCUT2D eigenvalue weighted by Crippen LogP contribution is -2.29. The highest BCUT2D eigenvalue weighted by atomic mass is 31.2. The van der Waals surface area contributed by atoms with E-state index in [4.69, 9.17) is 24.3 Å². The van der Waals surface area contributed by atoms with Crippen LogP contribution in [0.5, 0.6) is 0 Å². The van der Waals surface area contributed by atoms with Crippen molar-refractivity contribution in [2.75, 3.05) is 26.4 Å². The van der Waals surface area contributed by atoms with E-state index < -0.39 is 32.5 Å². The predicted molar refractivity (Wildman–Crippen MR) is 238 cm³/mol. The summed E-state index contributed by atoms with van der Waals surface area (Å²) in [5, 5.41) is 0. The van der Waals surface area contributed by atoms with E-state index in [1.54, 1.807) is 0 Å². The second kappa shape index (κ2) is 43.3. The third kappa shape index (κ3) is 43.1. The van der Waals surface area contributed by atoms with Gasteiger partial charge in [-0.2, -0.15) is 0 Å². The predicted octanol–water partition coefficient (Wildman–Crippen LogP) is 13.3. The van der Waals surface area contributed by atoms with Gasteiger partial charge in [-0.1, -0.05) is 164 Å². The van der Waals surface area contributed by atoms with Crippen LogP contribution in [0, 0.1) is 0 Å². The van der Waals surface area contributed by atoms with Crippen molar-refractivity contribution < 1.29 is 37.6 Å². The highest BCUT2D eigenvalue weighted by Gasteiger charge is 2.25. The number of esters is 2. The molecule has 0 aromatic carbocycles. The molecular weight excluding hydrogens is 737 g/mol. The SMILES string of the molecule is CCCCCCCCC/C=C/C/C=C/C/C=C/C/C=C/CCCC(=O)OC[C@@H](COP(=O)(O)OCCN)OC(=O)CCCCC/C=C/CCCCCCCCCC. The average molecular weight is 822 g/mol. The van der Waals surface area contributed by atoms with Crippen molar-refractivity contribution in [3.05, 3.63) is 60.8 Å². The Morgan fingerprint density at radius 2 is 0.930 bits per heavy atom. The van der Waals surface area contributed by atoms with E-state index in [2.05, 4.69) is 74.6 Å². The molecule has 0 saturated carbocycles. The molecule has 0 aromatic rings. The summed E-state index contributed by atoms with van der Waals surface area (Å²) < 4.78 is 32.7. The van der Waals surface area contributed by atoms with Crippen LogP contribution in [0.4, 0.5) is 0 Å². The van der Waals surface area contributed by atoms with Crippen LogP contribution in [-0.4, -0.2) is 49.3 Å². The summed E-state index contributed by atoms with van der Waals surface area (Å²) >= 11 is 0. The molecule has 0 bridgehead atoms. The summed E-state index contributed by atoms with van der Waals surface area (Å²) in [4.78, 5) is 34.9. The number of carbonyl (C=O) groups is 2. The number of allylic oxidation sites excluding steroid dienone is 10. The van der Waals surface area contributed by atoms with E-state index >= 15 is 0 Å². The number of unbranched alkanes of at least 4 members (excludes halogenated alkanes) is 19. The fourth-order valence-electron chi connectivity index (χ4n) is 5.97. The zero-order valence-corrected chi connectivity index (χ0v) is 37.2. The fraction of sp³-hybridized carbons (Fsp3) is 0.745. The zero-order chi connectivity index (χ0) is 41.8. The van der Waals surface area contributed by atoms with Crippen molar-refractivity contribution in [3.8, 4) is 0 Å². The molecular formula is C47H84NO8P. The molecule has 0 saturated heterocycles. The first kappa shape index (κ1) is 54.7. The Hall–Kier alpha value is -2.29. The summed E-state index contributed by atoms with van der Waals surface area (Å²) in [5.74, 6) is -0.914. The van der Waals surface area contributed by atoms with Crippen LogP contribution in [-0.2, 0) is 32.7 Å². The molecule has 0 fully saturated rings. The van der Waals surface area contributed by atoms with Crippen LogP contribution in [0.2, 0.25) is 0 Å². The van der Waals surface area contributed by atoms with Crippen LogP contribution in [0.15, 0.2) is 60.8 Å². The average Bonchev–Trinajstić information content (AvgIpc) is 3.20. The maximum Gasteiger partial charge on any atom is 0.472 e. The quantitative estimate of drug-likeness (QED) is 0.0267. The largest absolute Gasteiger partial charge is 0.472 e. The number of hydrogen-bond acceptors (Lipinski definition) is 8. The Balaban J connectivity index is 4.24. The molecule has 0 spiro atoms. The van der Waals surface area contributed by atoms with Crippen molar-refractivity contribution in [2.24, 2.45) is 5.73 Å². The Labute approximate surface area is 349 Å². The molecule has 0 aliphatic heterocycles. The van der Waals surface area contributed by atoms with E-state index in [0.717, 1.165) is 51.4 Å². The molecule has 3 N–H and O–H groups in total. The summed E-state index contributed by atoms with van der Waals surface area (Å²) in [6.45, 7) is 3.65. The minimum atomic E-state index is -4.40. The van der Waals surface area contributed by atoms with Gasteiger partial charge in [0, 0.05) is 19.4 Å². The van der Waals surface area contributed by atoms with E-state index in [9.17, 15) is 19.0 Å². The number of ether oxygens (including phenoxy) is 2. The van der Waals surface area contributed by atoms with Gasteiger partial charge in [-0.05, 0) is 77.0 Å². The van der Waals surface area contributed by atoms with Gasteiger partial charge in [0.1, 0.15) is 6.61 Å². The van der Waals surface area contributed by atoms with Gasteiger partial charge in [-0.3, -0.25) is 18.6 Å². The Morgan fingerprint density at radius 3 is 1.42 bits per heavy atom. The topological polar surface area (TPSA) is 134 Å². The van der Waals surface area contributed by atoms with E-state index in [1.165, 1.54) is 103 Å². The minimum Gasteiger partial charge on any atom is -0.462 e. The molecule has 10 heteroatoms. The molecule has 0 aliphatic carbocycles. The normalized spacial score (nSPS) is 13.8.